The van der Waals surface area contributed by atoms with Crippen molar-refractivity contribution in [2.24, 2.45) is 0 Å². The summed E-state index contributed by atoms with van der Waals surface area (Å²) in [6, 6.07) is 43.6. The fourth-order valence-electron chi connectivity index (χ4n) is 10.2. The first kappa shape index (κ1) is 31.4. The zero-order valence-electron chi connectivity index (χ0n) is 32.2. The molecule has 57 heavy (non-hydrogen) atoms. The SMILES string of the molecule is Cc1cccc(C)c1-c1nc2c3oc4ccc(C(C)(C)C)cc4c3cc3c2n1-c1cccc2c1B3c1cccc3nc(-c4cccc5c4oc4ccccc45)n-2c13. The number of para-hydroxylation sites is 3. The lowest BCUT2D eigenvalue weighted by Gasteiger charge is -2.33. The van der Waals surface area contributed by atoms with Gasteiger partial charge in [-0.05, 0) is 94.8 Å². The molecule has 0 fully saturated rings. The number of hydrogen-bond acceptors (Lipinski definition) is 4. The molecule has 13 rings (SSSR count). The number of rotatable bonds is 2. The maximum atomic E-state index is 6.84. The standard InChI is InChI=1S/C50H35BN4O2/c1-26-12-8-13-27(2)41(26)49-53-43-45-35(25-33-32-24-28(50(3,4)5)22-23-40(32)57-47(33)43)51-34-17-10-18-36-44(34)54(37-19-11-20-38(42(37)51)55(45)49)48(52-36)31-16-9-15-30-29-14-6-7-21-39(29)56-46(30)31/h6-25H,1-5H3. The van der Waals surface area contributed by atoms with Crippen LogP contribution in [-0.2, 0) is 5.41 Å². The molecular weight excluding hydrogens is 699 g/mol. The van der Waals surface area contributed by atoms with Gasteiger partial charge in [-0.2, -0.15) is 0 Å². The van der Waals surface area contributed by atoms with E-state index in [9.17, 15) is 0 Å². The van der Waals surface area contributed by atoms with Gasteiger partial charge in [0.2, 0.25) is 0 Å². The lowest BCUT2D eigenvalue weighted by atomic mass is 9.34. The van der Waals surface area contributed by atoms with Gasteiger partial charge in [0.05, 0.1) is 22.1 Å². The molecule has 0 atom stereocenters. The van der Waals surface area contributed by atoms with Gasteiger partial charge in [0.15, 0.2) is 5.58 Å². The Balaban J connectivity index is 1.19. The number of furan rings is 2. The highest BCUT2D eigenvalue weighted by Gasteiger charge is 2.42. The summed E-state index contributed by atoms with van der Waals surface area (Å²) >= 11 is 0. The first-order chi connectivity index (χ1) is 27.7. The average molecular weight is 735 g/mol. The molecule has 0 unspecified atom stereocenters. The van der Waals surface area contributed by atoms with Gasteiger partial charge in [0, 0.05) is 38.5 Å². The Hall–Kier alpha value is -6.86. The second-order valence-electron chi connectivity index (χ2n) is 17.0. The molecule has 11 aromatic rings. The first-order valence-corrected chi connectivity index (χ1v) is 19.8. The maximum absolute atomic E-state index is 6.84. The summed E-state index contributed by atoms with van der Waals surface area (Å²) in [5.74, 6) is 1.80. The van der Waals surface area contributed by atoms with Crippen LogP contribution in [0, 0.1) is 13.8 Å². The summed E-state index contributed by atoms with van der Waals surface area (Å²) in [4.78, 5) is 11.1. The number of nitrogens with zero attached hydrogens (tertiary/aromatic N) is 4. The molecule has 7 aromatic carbocycles. The van der Waals surface area contributed by atoms with Crippen LogP contribution in [-0.4, -0.2) is 25.8 Å². The Morgan fingerprint density at radius 1 is 0.561 bits per heavy atom. The third kappa shape index (κ3) is 3.91. The van der Waals surface area contributed by atoms with Crippen LogP contribution >= 0.6 is 0 Å². The second-order valence-corrected chi connectivity index (χ2v) is 17.0. The Bertz CT molecular complexity index is 3590. The lowest BCUT2D eigenvalue weighted by Crippen LogP contribution is -2.59. The van der Waals surface area contributed by atoms with Crippen LogP contribution in [0.25, 0.3) is 100 Å². The highest BCUT2D eigenvalue weighted by molar-refractivity contribution is 7.00. The molecule has 0 spiro atoms. The van der Waals surface area contributed by atoms with Gasteiger partial charge < -0.3 is 8.83 Å². The van der Waals surface area contributed by atoms with Crippen molar-refractivity contribution >= 4 is 89.0 Å². The minimum Gasteiger partial charge on any atom is -0.455 e. The Labute approximate surface area is 328 Å². The van der Waals surface area contributed by atoms with E-state index in [1.807, 2.05) is 12.1 Å². The van der Waals surface area contributed by atoms with Gasteiger partial charge in [0.1, 0.15) is 33.9 Å². The number of fused-ring (bicyclic) bond motifs is 11. The number of imidazole rings is 2. The molecule has 4 aromatic heterocycles. The largest absolute Gasteiger partial charge is 0.455 e. The summed E-state index contributed by atoms with van der Waals surface area (Å²) < 4.78 is 18.3. The number of aryl methyl sites for hydroxylation is 2. The molecule has 7 heteroatoms. The second kappa shape index (κ2) is 10.5. The van der Waals surface area contributed by atoms with Crippen molar-refractivity contribution in [2.45, 2.75) is 40.0 Å². The molecule has 0 saturated heterocycles. The first-order valence-electron chi connectivity index (χ1n) is 19.8. The maximum Gasteiger partial charge on any atom is 0.252 e. The summed E-state index contributed by atoms with van der Waals surface area (Å²) in [6.07, 6.45) is 0. The van der Waals surface area contributed by atoms with Crippen LogP contribution in [0.1, 0.15) is 37.5 Å². The Morgan fingerprint density at radius 2 is 1.26 bits per heavy atom. The molecule has 0 bridgehead atoms. The highest BCUT2D eigenvalue weighted by Crippen LogP contribution is 2.43. The molecule has 6 nitrogen and oxygen atoms in total. The van der Waals surface area contributed by atoms with Gasteiger partial charge in [-0.25, -0.2) is 9.97 Å². The van der Waals surface area contributed by atoms with E-state index in [2.05, 4.69) is 153 Å². The van der Waals surface area contributed by atoms with E-state index in [4.69, 9.17) is 18.8 Å². The molecule has 2 aliphatic rings. The summed E-state index contributed by atoms with van der Waals surface area (Å²) in [6.45, 7) is 11.1. The van der Waals surface area contributed by atoms with Gasteiger partial charge >= 0.3 is 0 Å². The van der Waals surface area contributed by atoms with Crippen LogP contribution < -0.4 is 16.4 Å². The number of hydrogen-bond donors (Lipinski definition) is 0. The number of benzene rings is 7. The minimum absolute atomic E-state index is 0.0110. The zero-order chi connectivity index (χ0) is 38.1. The average Bonchev–Trinajstić information content (AvgIpc) is 3.98. The van der Waals surface area contributed by atoms with E-state index in [0.717, 1.165) is 100 Å². The molecule has 0 amide bonds. The quantitative estimate of drug-likeness (QED) is 0.166. The summed E-state index contributed by atoms with van der Waals surface area (Å²) in [7, 11) is 0. The van der Waals surface area contributed by atoms with E-state index < -0.39 is 0 Å². The Morgan fingerprint density at radius 3 is 2.09 bits per heavy atom. The molecule has 0 radical (unpaired) electrons. The predicted molar refractivity (Wildman–Crippen MR) is 234 cm³/mol. The molecule has 0 aliphatic carbocycles. The molecule has 0 saturated carbocycles. The normalized spacial score (nSPS) is 13.3. The van der Waals surface area contributed by atoms with Gasteiger partial charge in [0.25, 0.3) is 6.71 Å². The van der Waals surface area contributed by atoms with Crippen molar-refractivity contribution < 1.29 is 8.83 Å². The third-order valence-electron chi connectivity index (χ3n) is 12.8. The predicted octanol–water partition coefficient (Wildman–Crippen LogP) is 10.6. The van der Waals surface area contributed by atoms with Crippen molar-refractivity contribution in [3.05, 3.63) is 138 Å². The van der Waals surface area contributed by atoms with Crippen LogP contribution in [0.2, 0.25) is 0 Å². The lowest BCUT2D eigenvalue weighted by molar-refractivity contribution is 0.590. The van der Waals surface area contributed by atoms with Gasteiger partial charge in [-0.1, -0.05) is 99.6 Å². The van der Waals surface area contributed by atoms with Crippen LogP contribution in [0.3, 0.4) is 0 Å². The highest BCUT2D eigenvalue weighted by atomic mass is 16.3. The van der Waals surface area contributed by atoms with Crippen molar-refractivity contribution in [1.82, 2.24) is 19.1 Å². The molecular formula is C50H35BN4O2. The minimum atomic E-state index is -0.0587. The zero-order valence-corrected chi connectivity index (χ0v) is 32.2. The molecule has 270 valence electrons. The summed E-state index contributed by atoms with van der Waals surface area (Å²) in [5.41, 5.74) is 19.2. The van der Waals surface area contributed by atoms with Crippen molar-refractivity contribution in [2.75, 3.05) is 0 Å². The van der Waals surface area contributed by atoms with Gasteiger partial charge in [-0.15, -0.1) is 0 Å². The van der Waals surface area contributed by atoms with Crippen molar-refractivity contribution in [3.63, 3.8) is 0 Å². The van der Waals surface area contributed by atoms with E-state index in [1.165, 1.54) is 33.1 Å². The Kier molecular flexibility index (Phi) is 5.78. The topological polar surface area (TPSA) is 61.9 Å². The summed E-state index contributed by atoms with van der Waals surface area (Å²) in [5, 5.41) is 4.42. The smallest absolute Gasteiger partial charge is 0.252 e. The fourth-order valence-corrected chi connectivity index (χ4v) is 10.2. The van der Waals surface area contributed by atoms with Crippen LogP contribution in [0.15, 0.2) is 130 Å². The van der Waals surface area contributed by atoms with Crippen LogP contribution in [0.4, 0.5) is 0 Å². The monoisotopic (exact) mass is 734 g/mol. The molecule has 2 aliphatic heterocycles. The molecule has 6 heterocycles. The van der Waals surface area contributed by atoms with Gasteiger partial charge in [-0.3, -0.25) is 9.13 Å². The van der Waals surface area contributed by atoms with E-state index >= 15 is 0 Å². The number of aromatic nitrogens is 4. The molecule has 0 N–H and O–H groups in total. The third-order valence-corrected chi connectivity index (χ3v) is 12.8. The van der Waals surface area contributed by atoms with E-state index in [0.29, 0.717) is 0 Å². The van der Waals surface area contributed by atoms with Crippen molar-refractivity contribution in [3.8, 4) is 34.2 Å². The van der Waals surface area contributed by atoms with Crippen molar-refractivity contribution in [1.29, 1.82) is 0 Å². The fraction of sp³-hybridized carbons (Fsp3) is 0.120. The van der Waals surface area contributed by atoms with Crippen LogP contribution in [0.5, 0.6) is 0 Å². The van der Waals surface area contributed by atoms with E-state index in [-0.39, 0.29) is 12.1 Å². The van der Waals surface area contributed by atoms with E-state index in [1.54, 1.807) is 0 Å².